The minimum Gasteiger partial charge on any atom is -0.404 e. The van der Waals surface area contributed by atoms with E-state index in [1.807, 2.05) is 0 Å². The van der Waals surface area contributed by atoms with E-state index in [9.17, 15) is 18.9 Å². The zero-order valence-electron chi connectivity index (χ0n) is 20.5. The van der Waals surface area contributed by atoms with Gasteiger partial charge in [-0.25, -0.2) is 24.1 Å². The summed E-state index contributed by atoms with van der Waals surface area (Å²) in [5.41, 5.74) is 6.77. The van der Waals surface area contributed by atoms with Gasteiger partial charge < -0.3 is 19.3 Å². The number of hydrogen-bond donors (Lipinski definition) is 3. The minimum absolute atomic E-state index is 0.0514. The zero-order chi connectivity index (χ0) is 28.5. The molecule has 2 aromatic heterocycles. The fraction of sp³-hybridized carbons (Fsp3) is 0.261. The summed E-state index contributed by atoms with van der Waals surface area (Å²) in [7, 11) is -9.09. The van der Waals surface area contributed by atoms with Crippen molar-refractivity contribution in [3.63, 3.8) is 0 Å². The maximum absolute atomic E-state index is 12.7. The summed E-state index contributed by atoms with van der Waals surface area (Å²) < 4.78 is 47.9. The second kappa shape index (κ2) is 11.6. The van der Waals surface area contributed by atoms with Gasteiger partial charge in [0.05, 0.1) is 19.5 Å². The molecule has 2 heterocycles. The number of nitrogens with two attached hydrogens (primary N) is 1. The number of anilines is 1. The van der Waals surface area contributed by atoms with E-state index >= 15 is 0 Å². The van der Waals surface area contributed by atoms with Crippen LogP contribution in [0.1, 0.15) is 12.5 Å². The number of aromatic nitrogens is 4. The first kappa shape index (κ1) is 28.8. The Kier molecular flexibility index (Phi) is 8.37. The predicted octanol–water partition coefficient (Wildman–Crippen LogP) is 5.28. The van der Waals surface area contributed by atoms with Crippen LogP contribution in [-0.2, 0) is 18.2 Å². The van der Waals surface area contributed by atoms with Gasteiger partial charge in [0.1, 0.15) is 23.3 Å². The van der Waals surface area contributed by atoms with Gasteiger partial charge >= 0.3 is 15.6 Å². The van der Waals surface area contributed by atoms with Crippen molar-refractivity contribution in [3.8, 4) is 11.5 Å². The molecule has 4 aromatic rings. The summed E-state index contributed by atoms with van der Waals surface area (Å²) in [5.74, 6) is -0.550. The molecule has 0 saturated heterocycles. The largest absolute Gasteiger partial charge is 0.527 e. The van der Waals surface area contributed by atoms with Crippen molar-refractivity contribution in [2.24, 2.45) is 11.8 Å². The molecule has 1 saturated carbocycles. The van der Waals surface area contributed by atoms with Crippen LogP contribution in [0.2, 0.25) is 10.0 Å². The third-order valence-corrected chi connectivity index (χ3v) is 8.61. The second-order valence-electron chi connectivity index (χ2n) is 8.94. The number of fused-ring (bicyclic) bond motifs is 1. The average molecular weight is 630 g/mol. The van der Waals surface area contributed by atoms with Gasteiger partial charge in [-0.2, -0.15) is 0 Å². The van der Waals surface area contributed by atoms with E-state index in [0.717, 1.165) is 0 Å². The Morgan fingerprint density at radius 2 is 1.52 bits per heavy atom. The van der Waals surface area contributed by atoms with E-state index in [4.69, 9.17) is 47.0 Å². The maximum atomic E-state index is 12.7. The molecule has 4 N–H and O–H groups in total. The first-order chi connectivity index (χ1) is 19.0. The number of hydrogen-bond acceptors (Lipinski definition) is 10. The predicted molar refractivity (Wildman–Crippen MR) is 146 cm³/mol. The fourth-order valence-electron chi connectivity index (χ4n) is 4.39. The minimum atomic E-state index is -4.57. The quantitative estimate of drug-likeness (QED) is 0.183. The normalized spacial score (nSPS) is 21.8. The molecule has 13 nitrogen and oxygen atoms in total. The van der Waals surface area contributed by atoms with Gasteiger partial charge in [-0.15, -0.1) is 0 Å². The van der Waals surface area contributed by atoms with E-state index < -0.39 is 21.6 Å². The fourth-order valence-corrected chi connectivity index (χ4v) is 6.35. The highest BCUT2D eigenvalue weighted by Gasteiger charge is 2.45. The van der Waals surface area contributed by atoms with Crippen LogP contribution in [0.4, 0.5) is 5.82 Å². The summed E-state index contributed by atoms with van der Waals surface area (Å²) in [6.07, 6.45) is 3.27. The lowest BCUT2D eigenvalue weighted by molar-refractivity contribution is -0.00444. The molecular formula is C23H23Cl2N5O8P2. The van der Waals surface area contributed by atoms with Gasteiger partial charge in [-0.05, 0) is 48.7 Å². The van der Waals surface area contributed by atoms with Crippen molar-refractivity contribution in [1.29, 1.82) is 0 Å². The van der Waals surface area contributed by atoms with Crippen LogP contribution < -0.4 is 14.8 Å². The second-order valence-corrected chi connectivity index (χ2v) is 12.6. The SMILES string of the molecule is Nc1ncnc2c1ncn2[C@@H]1C[C@H](COP(=O)(O)Oc2cccc(Cl)c2)[C@H]1COP(=O)(O)Oc1cccc(Cl)c1. The Hall–Kier alpha value is -2.73. The molecule has 2 aromatic carbocycles. The Balaban J connectivity index is 1.31. The monoisotopic (exact) mass is 629 g/mol. The zero-order valence-corrected chi connectivity index (χ0v) is 23.8. The number of halogens is 2. The number of rotatable bonds is 11. The van der Waals surface area contributed by atoms with Gasteiger partial charge in [0.25, 0.3) is 0 Å². The molecule has 0 radical (unpaired) electrons. The van der Waals surface area contributed by atoms with Crippen LogP contribution in [0.3, 0.4) is 0 Å². The number of phosphoric acid groups is 2. The van der Waals surface area contributed by atoms with Crippen LogP contribution in [0.25, 0.3) is 11.2 Å². The van der Waals surface area contributed by atoms with Crippen LogP contribution in [0.5, 0.6) is 11.5 Å². The summed E-state index contributed by atoms with van der Waals surface area (Å²) in [6, 6.07) is 11.6. The molecule has 212 valence electrons. The van der Waals surface area contributed by atoms with Crippen molar-refractivity contribution in [3.05, 3.63) is 71.2 Å². The van der Waals surface area contributed by atoms with Crippen molar-refractivity contribution in [2.45, 2.75) is 12.5 Å². The molecule has 40 heavy (non-hydrogen) atoms. The first-order valence-electron chi connectivity index (χ1n) is 11.8. The summed E-state index contributed by atoms with van der Waals surface area (Å²) >= 11 is 11.8. The molecule has 17 heteroatoms. The number of nitrogens with zero attached hydrogens (tertiary/aromatic N) is 4. The summed E-state index contributed by atoms with van der Waals surface area (Å²) in [4.78, 5) is 33.1. The van der Waals surface area contributed by atoms with E-state index in [2.05, 4.69) is 15.0 Å². The summed E-state index contributed by atoms with van der Waals surface area (Å²) in [6.45, 7) is -0.480. The molecular weight excluding hydrogens is 607 g/mol. The lowest BCUT2D eigenvalue weighted by Crippen LogP contribution is -2.43. The lowest BCUT2D eigenvalue weighted by Gasteiger charge is -2.45. The topological polar surface area (TPSA) is 181 Å². The van der Waals surface area contributed by atoms with Crippen LogP contribution in [-0.4, -0.2) is 42.5 Å². The first-order valence-corrected chi connectivity index (χ1v) is 15.5. The van der Waals surface area contributed by atoms with Crippen LogP contribution in [0, 0.1) is 11.8 Å². The highest BCUT2D eigenvalue weighted by Crippen LogP contribution is 2.52. The third kappa shape index (κ3) is 6.76. The van der Waals surface area contributed by atoms with Gasteiger partial charge in [0.15, 0.2) is 11.5 Å². The maximum Gasteiger partial charge on any atom is 0.527 e. The Morgan fingerprint density at radius 1 is 0.925 bits per heavy atom. The standard InChI is InChI=1S/C23H23Cl2N5O8P2/c24-15-3-1-5-17(8-15)37-39(31,32)35-10-14-7-20(30-13-29-21-22(26)27-12-28-23(21)30)19(14)11-36-40(33,34)38-18-6-2-4-16(25)9-18/h1-6,8-9,12-14,19-20H,7,10-11H2,(H,31,32)(H,33,34)(H2,26,27,28)/t14-,19-,20-/m1/s1. The summed E-state index contributed by atoms with van der Waals surface area (Å²) in [5, 5.41) is 0.637. The Morgan fingerprint density at radius 3 is 2.12 bits per heavy atom. The van der Waals surface area contributed by atoms with Crippen molar-refractivity contribution in [2.75, 3.05) is 18.9 Å². The van der Waals surface area contributed by atoms with Crippen LogP contribution >= 0.6 is 38.8 Å². The van der Waals surface area contributed by atoms with Crippen molar-refractivity contribution >= 4 is 55.8 Å². The van der Waals surface area contributed by atoms with Gasteiger partial charge in [-0.1, -0.05) is 35.3 Å². The third-order valence-electron chi connectivity index (χ3n) is 6.30. The van der Waals surface area contributed by atoms with Crippen molar-refractivity contribution in [1.82, 2.24) is 19.5 Å². The molecule has 0 amide bonds. The number of benzene rings is 2. The Bertz CT molecular complexity index is 1630. The number of nitrogen functional groups attached to an aromatic ring is 1. The molecule has 1 fully saturated rings. The molecule has 0 aliphatic heterocycles. The molecule has 5 atom stereocenters. The highest BCUT2D eigenvalue weighted by molar-refractivity contribution is 7.48. The van der Waals surface area contributed by atoms with Crippen LogP contribution in [0.15, 0.2) is 61.2 Å². The Labute approximate surface area is 238 Å². The molecule has 0 bridgehead atoms. The number of phosphoric ester groups is 2. The molecule has 1 aliphatic carbocycles. The van der Waals surface area contributed by atoms with E-state index in [1.54, 1.807) is 28.8 Å². The molecule has 1 aliphatic rings. The molecule has 0 spiro atoms. The lowest BCUT2D eigenvalue weighted by atomic mass is 9.70. The van der Waals surface area contributed by atoms with E-state index in [-0.39, 0.29) is 42.5 Å². The highest BCUT2D eigenvalue weighted by atomic mass is 35.5. The molecule has 5 rings (SSSR count). The van der Waals surface area contributed by atoms with Gasteiger partial charge in [0, 0.05) is 22.0 Å². The van der Waals surface area contributed by atoms with E-state index in [0.29, 0.717) is 27.6 Å². The van der Waals surface area contributed by atoms with E-state index in [1.165, 1.54) is 36.9 Å². The number of imidazole rings is 1. The average Bonchev–Trinajstić information content (AvgIpc) is 3.27. The van der Waals surface area contributed by atoms with Gasteiger partial charge in [-0.3, -0.25) is 18.8 Å². The van der Waals surface area contributed by atoms with Gasteiger partial charge in [0.2, 0.25) is 0 Å². The molecule has 2 unspecified atom stereocenters. The van der Waals surface area contributed by atoms with Crippen molar-refractivity contribution < 1.29 is 37.0 Å². The smallest absolute Gasteiger partial charge is 0.404 e.